The number of aryl methyl sites for hydroxylation is 2. The van der Waals surface area contributed by atoms with E-state index in [4.69, 9.17) is 17.3 Å². The number of halogens is 1. The molecule has 2 rings (SSSR count). The summed E-state index contributed by atoms with van der Waals surface area (Å²) in [6, 6.07) is 3.71. The predicted molar refractivity (Wildman–Crippen MR) is 57.2 cm³/mol. The molecule has 0 saturated carbocycles. The molecule has 0 aliphatic carbocycles. The Kier molecular flexibility index (Phi) is 1.74. The van der Waals surface area contributed by atoms with Crippen molar-refractivity contribution in [3.8, 4) is 0 Å². The molecule has 68 valence electrons. The number of hydrogen-bond acceptors (Lipinski definition) is 1. The minimum Gasteiger partial charge on any atom is -0.399 e. The number of aromatic amines is 1. The Balaban J connectivity index is 2.94. The molecule has 0 bridgehead atoms. The average Bonchev–Trinajstić information content (AvgIpc) is 2.32. The molecular weight excluding hydrogens is 184 g/mol. The molecule has 3 N–H and O–H groups in total. The number of aromatic nitrogens is 1. The first kappa shape index (κ1) is 8.45. The first-order chi connectivity index (χ1) is 6.09. The van der Waals surface area contributed by atoms with E-state index in [-0.39, 0.29) is 0 Å². The van der Waals surface area contributed by atoms with Crippen molar-refractivity contribution in [2.45, 2.75) is 13.8 Å². The molecule has 0 saturated heterocycles. The first-order valence-electron chi connectivity index (χ1n) is 4.13. The Hall–Kier alpha value is -1.15. The van der Waals surface area contributed by atoms with Gasteiger partial charge in [-0.25, -0.2) is 0 Å². The maximum atomic E-state index is 6.04. The maximum Gasteiger partial charge on any atom is 0.0667 e. The molecular formula is C10H11ClN2. The molecule has 0 spiro atoms. The van der Waals surface area contributed by atoms with E-state index >= 15 is 0 Å². The van der Waals surface area contributed by atoms with Gasteiger partial charge in [-0.2, -0.15) is 0 Å². The largest absolute Gasteiger partial charge is 0.399 e. The van der Waals surface area contributed by atoms with E-state index < -0.39 is 0 Å². The first-order valence-corrected chi connectivity index (χ1v) is 4.51. The molecule has 2 aromatic rings. The monoisotopic (exact) mass is 194 g/mol. The number of H-pyrrole nitrogens is 1. The van der Waals surface area contributed by atoms with Gasteiger partial charge < -0.3 is 10.7 Å². The SMILES string of the molecule is Cc1[nH]c2c(Cl)cc(N)cc2c1C. The van der Waals surface area contributed by atoms with E-state index in [1.54, 1.807) is 6.07 Å². The highest BCUT2D eigenvalue weighted by Gasteiger charge is 2.07. The van der Waals surface area contributed by atoms with E-state index in [2.05, 4.69) is 11.9 Å². The van der Waals surface area contributed by atoms with Gasteiger partial charge in [0.15, 0.2) is 0 Å². The highest BCUT2D eigenvalue weighted by Crippen LogP contribution is 2.29. The topological polar surface area (TPSA) is 41.8 Å². The summed E-state index contributed by atoms with van der Waals surface area (Å²) < 4.78 is 0. The number of benzene rings is 1. The molecule has 0 radical (unpaired) electrons. The van der Waals surface area contributed by atoms with Crippen molar-refractivity contribution >= 4 is 28.2 Å². The predicted octanol–water partition coefficient (Wildman–Crippen LogP) is 3.02. The van der Waals surface area contributed by atoms with Gasteiger partial charge in [0.05, 0.1) is 10.5 Å². The Labute approximate surface area is 81.7 Å². The summed E-state index contributed by atoms with van der Waals surface area (Å²) in [6.07, 6.45) is 0. The van der Waals surface area contributed by atoms with Gasteiger partial charge in [-0.3, -0.25) is 0 Å². The van der Waals surface area contributed by atoms with Crippen molar-refractivity contribution in [1.29, 1.82) is 0 Å². The van der Waals surface area contributed by atoms with Gasteiger partial charge in [0.25, 0.3) is 0 Å². The molecule has 3 heteroatoms. The fourth-order valence-electron chi connectivity index (χ4n) is 1.53. The van der Waals surface area contributed by atoms with Crippen LogP contribution in [0, 0.1) is 13.8 Å². The summed E-state index contributed by atoms with van der Waals surface area (Å²) in [5.74, 6) is 0. The van der Waals surface area contributed by atoms with Crippen molar-refractivity contribution in [2.75, 3.05) is 5.73 Å². The lowest BCUT2D eigenvalue weighted by molar-refractivity contribution is 1.25. The van der Waals surface area contributed by atoms with Gasteiger partial charge in [0, 0.05) is 16.8 Å². The molecule has 0 aliphatic rings. The second-order valence-electron chi connectivity index (χ2n) is 3.30. The summed E-state index contributed by atoms with van der Waals surface area (Å²) in [5.41, 5.74) is 9.74. The summed E-state index contributed by atoms with van der Waals surface area (Å²) >= 11 is 6.04. The quantitative estimate of drug-likeness (QED) is 0.622. The van der Waals surface area contributed by atoms with Crippen LogP contribution in [0.5, 0.6) is 0 Å². The summed E-state index contributed by atoms with van der Waals surface area (Å²) in [4.78, 5) is 3.23. The second-order valence-corrected chi connectivity index (χ2v) is 3.71. The Morgan fingerprint density at radius 3 is 2.69 bits per heavy atom. The van der Waals surface area contributed by atoms with Crippen LogP contribution in [0.1, 0.15) is 11.3 Å². The van der Waals surface area contributed by atoms with Gasteiger partial charge in [0.1, 0.15) is 0 Å². The molecule has 0 fully saturated rings. The van der Waals surface area contributed by atoms with Crippen molar-refractivity contribution in [3.05, 3.63) is 28.4 Å². The summed E-state index contributed by atoms with van der Waals surface area (Å²) in [7, 11) is 0. The van der Waals surface area contributed by atoms with E-state index in [1.807, 2.05) is 13.0 Å². The lowest BCUT2D eigenvalue weighted by atomic mass is 10.1. The smallest absolute Gasteiger partial charge is 0.0667 e. The number of nitrogen functional groups attached to an aromatic ring is 1. The molecule has 2 nitrogen and oxygen atoms in total. The van der Waals surface area contributed by atoms with Gasteiger partial charge in [0.2, 0.25) is 0 Å². The summed E-state index contributed by atoms with van der Waals surface area (Å²) in [5, 5.41) is 1.80. The number of nitrogens with one attached hydrogen (secondary N) is 1. The molecule has 0 unspecified atom stereocenters. The van der Waals surface area contributed by atoms with Crippen LogP contribution in [0.15, 0.2) is 12.1 Å². The third kappa shape index (κ3) is 1.18. The van der Waals surface area contributed by atoms with E-state index in [0.29, 0.717) is 10.7 Å². The standard InChI is InChI=1S/C10H11ClN2/c1-5-6(2)13-10-8(5)3-7(12)4-9(10)11/h3-4,13H,12H2,1-2H3. The highest BCUT2D eigenvalue weighted by atomic mass is 35.5. The van der Waals surface area contributed by atoms with Crippen LogP contribution in [-0.4, -0.2) is 4.98 Å². The van der Waals surface area contributed by atoms with E-state index in [1.165, 1.54) is 5.56 Å². The maximum absolute atomic E-state index is 6.04. The van der Waals surface area contributed by atoms with Crippen LogP contribution in [0.3, 0.4) is 0 Å². The van der Waals surface area contributed by atoms with Crippen LogP contribution >= 0.6 is 11.6 Å². The number of nitrogens with two attached hydrogens (primary N) is 1. The second kappa shape index (κ2) is 2.67. The molecule has 13 heavy (non-hydrogen) atoms. The third-order valence-electron chi connectivity index (χ3n) is 2.39. The van der Waals surface area contributed by atoms with Crippen LogP contribution in [0.25, 0.3) is 10.9 Å². The van der Waals surface area contributed by atoms with Crippen molar-refractivity contribution < 1.29 is 0 Å². The Morgan fingerprint density at radius 2 is 2.00 bits per heavy atom. The van der Waals surface area contributed by atoms with Crippen LogP contribution < -0.4 is 5.73 Å². The fourth-order valence-corrected chi connectivity index (χ4v) is 1.81. The molecule has 1 heterocycles. The minimum atomic E-state index is 0.686. The van der Waals surface area contributed by atoms with E-state index in [0.717, 1.165) is 16.6 Å². The fraction of sp³-hybridized carbons (Fsp3) is 0.200. The zero-order chi connectivity index (χ0) is 9.59. The Bertz CT molecular complexity index is 471. The number of hydrogen-bond donors (Lipinski definition) is 2. The number of anilines is 1. The van der Waals surface area contributed by atoms with Crippen LogP contribution in [0.2, 0.25) is 5.02 Å². The lowest BCUT2D eigenvalue weighted by Crippen LogP contribution is -1.84. The van der Waals surface area contributed by atoms with Gasteiger partial charge in [-0.15, -0.1) is 0 Å². The molecule has 0 atom stereocenters. The van der Waals surface area contributed by atoms with Gasteiger partial charge in [-0.05, 0) is 31.5 Å². The molecule has 1 aromatic carbocycles. The molecule has 0 aliphatic heterocycles. The van der Waals surface area contributed by atoms with E-state index in [9.17, 15) is 0 Å². The average molecular weight is 195 g/mol. The van der Waals surface area contributed by atoms with Crippen LogP contribution in [0.4, 0.5) is 5.69 Å². The van der Waals surface area contributed by atoms with Crippen LogP contribution in [-0.2, 0) is 0 Å². The Morgan fingerprint density at radius 1 is 1.31 bits per heavy atom. The third-order valence-corrected chi connectivity index (χ3v) is 2.69. The lowest BCUT2D eigenvalue weighted by Gasteiger charge is -1.97. The number of fused-ring (bicyclic) bond motifs is 1. The summed E-state index contributed by atoms with van der Waals surface area (Å²) in [6.45, 7) is 4.09. The number of rotatable bonds is 0. The molecule has 1 aromatic heterocycles. The van der Waals surface area contributed by atoms with Crippen molar-refractivity contribution in [1.82, 2.24) is 4.98 Å². The van der Waals surface area contributed by atoms with Crippen molar-refractivity contribution in [3.63, 3.8) is 0 Å². The zero-order valence-corrected chi connectivity index (χ0v) is 8.37. The highest BCUT2D eigenvalue weighted by molar-refractivity contribution is 6.35. The minimum absolute atomic E-state index is 0.686. The van der Waals surface area contributed by atoms with Gasteiger partial charge in [-0.1, -0.05) is 11.6 Å². The normalized spacial score (nSPS) is 11.0. The van der Waals surface area contributed by atoms with Gasteiger partial charge >= 0.3 is 0 Å². The van der Waals surface area contributed by atoms with Crippen molar-refractivity contribution in [2.24, 2.45) is 0 Å². The zero-order valence-electron chi connectivity index (χ0n) is 7.61. The molecule has 0 amide bonds.